The number of carbonyl (C=O) groups is 1. The van der Waals surface area contributed by atoms with E-state index in [4.69, 9.17) is 0 Å². The fourth-order valence-electron chi connectivity index (χ4n) is 0.698. The van der Waals surface area contributed by atoms with Crippen molar-refractivity contribution in [3.05, 3.63) is 28.7 Å². The summed E-state index contributed by atoms with van der Waals surface area (Å²) in [6.07, 6.45) is 0. The van der Waals surface area contributed by atoms with Gasteiger partial charge in [0.1, 0.15) is 0 Å². The minimum Gasteiger partial charge on any atom is -0.549 e. The van der Waals surface area contributed by atoms with E-state index in [0.29, 0.717) is 0 Å². The summed E-state index contributed by atoms with van der Waals surface area (Å²) in [6, 6.07) is 7.48. The minimum absolute atomic E-state index is 0.0113. The number of halogens is 1. The molecule has 64 valence electrons. The van der Waals surface area contributed by atoms with Crippen LogP contribution in [0.3, 0.4) is 0 Å². The molecule has 0 N–H and O–H groups in total. The lowest BCUT2D eigenvalue weighted by Gasteiger charge is -2.03. The van der Waals surface area contributed by atoms with E-state index in [-0.39, 0.29) is 5.75 Å². The SMILES string of the molecule is O=C([O-])CSc1ccccc1Br. The summed E-state index contributed by atoms with van der Waals surface area (Å²) in [7, 11) is 0. The summed E-state index contributed by atoms with van der Waals surface area (Å²) in [4.78, 5) is 11.1. The van der Waals surface area contributed by atoms with Gasteiger partial charge in [-0.3, -0.25) is 0 Å². The topological polar surface area (TPSA) is 40.1 Å². The van der Waals surface area contributed by atoms with E-state index < -0.39 is 5.97 Å². The molecule has 0 spiro atoms. The molecule has 2 nitrogen and oxygen atoms in total. The fraction of sp³-hybridized carbons (Fsp3) is 0.125. The third kappa shape index (κ3) is 2.87. The summed E-state index contributed by atoms with van der Waals surface area (Å²) in [5.41, 5.74) is 0. The van der Waals surface area contributed by atoms with E-state index in [2.05, 4.69) is 15.9 Å². The van der Waals surface area contributed by atoms with E-state index in [1.807, 2.05) is 24.3 Å². The van der Waals surface area contributed by atoms with Gasteiger partial charge in [-0.05, 0) is 28.1 Å². The number of thioether (sulfide) groups is 1. The van der Waals surface area contributed by atoms with E-state index >= 15 is 0 Å². The van der Waals surface area contributed by atoms with Crippen LogP contribution in [0.15, 0.2) is 33.6 Å². The number of rotatable bonds is 3. The Labute approximate surface area is 83.1 Å². The number of aliphatic carboxylic acids is 1. The third-order valence-electron chi connectivity index (χ3n) is 1.18. The Hall–Kier alpha value is -0.480. The average Bonchev–Trinajstić information content (AvgIpc) is 2.03. The molecule has 1 aromatic carbocycles. The molecule has 4 heteroatoms. The van der Waals surface area contributed by atoms with Crippen molar-refractivity contribution in [3.8, 4) is 0 Å². The number of carboxylic acid groups (broad SMARTS) is 1. The summed E-state index contributed by atoms with van der Waals surface area (Å²) in [5, 5.41) is 10.1. The summed E-state index contributed by atoms with van der Waals surface area (Å²) in [6.45, 7) is 0. The normalized spacial score (nSPS) is 9.75. The van der Waals surface area contributed by atoms with Gasteiger partial charge < -0.3 is 9.90 Å². The second kappa shape index (κ2) is 4.52. The van der Waals surface area contributed by atoms with Crippen LogP contribution in [0.4, 0.5) is 0 Å². The van der Waals surface area contributed by atoms with Crippen LogP contribution in [-0.2, 0) is 4.79 Å². The van der Waals surface area contributed by atoms with Gasteiger partial charge in [0.2, 0.25) is 0 Å². The van der Waals surface area contributed by atoms with Crippen molar-refractivity contribution in [3.63, 3.8) is 0 Å². The quantitative estimate of drug-likeness (QED) is 0.754. The first-order valence-electron chi connectivity index (χ1n) is 3.27. The van der Waals surface area contributed by atoms with Crippen LogP contribution in [0.2, 0.25) is 0 Å². The predicted molar refractivity (Wildman–Crippen MR) is 49.9 cm³/mol. The summed E-state index contributed by atoms with van der Waals surface area (Å²) < 4.78 is 0.913. The average molecular weight is 246 g/mol. The van der Waals surface area contributed by atoms with Crippen LogP contribution < -0.4 is 5.11 Å². The molecule has 0 amide bonds. The van der Waals surface area contributed by atoms with Crippen molar-refractivity contribution >= 4 is 33.7 Å². The van der Waals surface area contributed by atoms with Gasteiger partial charge in [0.15, 0.2) is 0 Å². The molecular weight excluding hydrogens is 240 g/mol. The Kier molecular flexibility index (Phi) is 3.62. The Balaban J connectivity index is 2.63. The van der Waals surface area contributed by atoms with Gasteiger partial charge in [0.05, 0.1) is 5.97 Å². The van der Waals surface area contributed by atoms with E-state index in [9.17, 15) is 9.90 Å². The lowest BCUT2D eigenvalue weighted by molar-refractivity contribution is -0.301. The molecule has 1 rings (SSSR count). The molecule has 0 bridgehead atoms. The maximum atomic E-state index is 10.1. The second-order valence-corrected chi connectivity index (χ2v) is 3.96. The Morgan fingerprint density at radius 3 is 2.75 bits per heavy atom. The lowest BCUT2D eigenvalue weighted by Crippen LogP contribution is -2.24. The number of hydrogen-bond donors (Lipinski definition) is 0. The van der Waals surface area contributed by atoms with Crippen LogP contribution in [0.1, 0.15) is 0 Å². The zero-order valence-corrected chi connectivity index (χ0v) is 8.52. The number of benzene rings is 1. The smallest absolute Gasteiger partial charge is 0.0517 e. The maximum absolute atomic E-state index is 10.1. The molecule has 0 atom stereocenters. The van der Waals surface area contributed by atoms with Crippen molar-refractivity contribution < 1.29 is 9.90 Å². The molecular formula is C8H6BrO2S-. The highest BCUT2D eigenvalue weighted by molar-refractivity contribution is 9.10. The highest BCUT2D eigenvalue weighted by Crippen LogP contribution is 2.26. The van der Waals surface area contributed by atoms with Crippen molar-refractivity contribution in [2.24, 2.45) is 0 Å². The number of hydrogen-bond acceptors (Lipinski definition) is 3. The number of carbonyl (C=O) groups excluding carboxylic acids is 1. The molecule has 0 aliphatic heterocycles. The Morgan fingerprint density at radius 1 is 1.50 bits per heavy atom. The van der Waals surface area contributed by atoms with Crippen molar-refractivity contribution in [1.82, 2.24) is 0 Å². The molecule has 1 aromatic rings. The molecule has 0 aliphatic rings. The monoisotopic (exact) mass is 245 g/mol. The minimum atomic E-state index is -1.05. The van der Waals surface area contributed by atoms with Crippen LogP contribution in [0, 0.1) is 0 Å². The first-order valence-corrected chi connectivity index (χ1v) is 5.05. The zero-order valence-electron chi connectivity index (χ0n) is 6.12. The Morgan fingerprint density at radius 2 is 2.17 bits per heavy atom. The van der Waals surface area contributed by atoms with E-state index in [0.717, 1.165) is 9.37 Å². The first kappa shape index (κ1) is 9.61. The van der Waals surface area contributed by atoms with Gasteiger partial charge >= 0.3 is 0 Å². The molecule has 0 radical (unpaired) electrons. The highest BCUT2D eigenvalue weighted by Gasteiger charge is 1.97. The summed E-state index contributed by atoms with van der Waals surface area (Å²) in [5.74, 6) is -1.06. The molecule has 12 heavy (non-hydrogen) atoms. The highest BCUT2D eigenvalue weighted by atomic mass is 79.9. The van der Waals surface area contributed by atoms with Gasteiger partial charge in [-0.25, -0.2) is 0 Å². The molecule has 0 aromatic heterocycles. The molecule has 0 heterocycles. The van der Waals surface area contributed by atoms with Gasteiger partial charge in [-0.2, -0.15) is 0 Å². The van der Waals surface area contributed by atoms with Crippen molar-refractivity contribution in [2.45, 2.75) is 4.90 Å². The van der Waals surface area contributed by atoms with Crippen molar-refractivity contribution in [2.75, 3.05) is 5.75 Å². The van der Waals surface area contributed by atoms with Crippen LogP contribution in [0.25, 0.3) is 0 Å². The standard InChI is InChI=1S/C8H7BrO2S/c9-6-3-1-2-4-7(6)12-5-8(10)11/h1-4H,5H2,(H,10,11)/p-1. The van der Waals surface area contributed by atoms with Crippen molar-refractivity contribution in [1.29, 1.82) is 0 Å². The fourth-order valence-corrected chi connectivity index (χ4v) is 1.98. The third-order valence-corrected chi connectivity index (χ3v) is 3.18. The van der Waals surface area contributed by atoms with Gasteiger partial charge in [0, 0.05) is 15.1 Å². The lowest BCUT2D eigenvalue weighted by atomic mass is 10.4. The van der Waals surface area contributed by atoms with Crippen LogP contribution in [-0.4, -0.2) is 11.7 Å². The predicted octanol–water partition coefficient (Wildman–Crippen LogP) is 1.29. The molecule has 0 aliphatic carbocycles. The van der Waals surface area contributed by atoms with Gasteiger partial charge in [0.25, 0.3) is 0 Å². The first-order chi connectivity index (χ1) is 5.70. The largest absolute Gasteiger partial charge is 0.549 e. The van der Waals surface area contributed by atoms with Gasteiger partial charge in [-0.15, -0.1) is 11.8 Å². The zero-order chi connectivity index (χ0) is 8.97. The van der Waals surface area contributed by atoms with Crippen LogP contribution in [0.5, 0.6) is 0 Å². The summed E-state index contributed by atoms with van der Waals surface area (Å²) >= 11 is 4.56. The van der Waals surface area contributed by atoms with E-state index in [1.165, 1.54) is 11.8 Å². The van der Waals surface area contributed by atoms with Crippen LogP contribution >= 0.6 is 27.7 Å². The molecule has 0 unspecified atom stereocenters. The molecule has 0 saturated carbocycles. The molecule has 0 saturated heterocycles. The number of carboxylic acids is 1. The van der Waals surface area contributed by atoms with Gasteiger partial charge in [-0.1, -0.05) is 12.1 Å². The Bertz CT molecular complexity index is 288. The molecule has 0 fully saturated rings. The maximum Gasteiger partial charge on any atom is 0.0517 e. The van der Waals surface area contributed by atoms with E-state index in [1.54, 1.807) is 0 Å². The second-order valence-electron chi connectivity index (χ2n) is 2.09.